The Morgan fingerprint density at radius 1 is 1.00 bits per heavy atom. The van der Waals surface area contributed by atoms with Crippen molar-refractivity contribution in [1.29, 1.82) is 0 Å². The summed E-state index contributed by atoms with van der Waals surface area (Å²) in [5, 5.41) is 3.11. The van der Waals surface area contributed by atoms with E-state index in [1.54, 1.807) is 11.7 Å². The van der Waals surface area contributed by atoms with E-state index < -0.39 is 0 Å². The topological polar surface area (TPSA) is 95.1 Å². The van der Waals surface area contributed by atoms with Gasteiger partial charge in [0.2, 0.25) is 0 Å². The molecule has 0 fully saturated rings. The van der Waals surface area contributed by atoms with E-state index in [0.29, 0.717) is 28.0 Å². The summed E-state index contributed by atoms with van der Waals surface area (Å²) < 4.78 is 7.16. The fourth-order valence-corrected chi connectivity index (χ4v) is 4.29. The van der Waals surface area contributed by atoms with Crippen LogP contribution in [-0.2, 0) is 6.42 Å². The van der Waals surface area contributed by atoms with E-state index in [2.05, 4.69) is 17.4 Å². The first-order valence-corrected chi connectivity index (χ1v) is 11.6. The zero-order valence-electron chi connectivity index (χ0n) is 19.7. The maximum atomic E-state index is 13.5. The molecular formula is C28H27N5O2. The van der Waals surface area contributed by atoms with Gasteiger partial charge in [0.15, 0.2) is 5.65 Å². The Balaban J connectivity index is 1.55. The van der Waals surface area contributed by atoms with Gasteiger partial charge < -0.3 is 15.8 Å². The summed E-state index contributed by atoms with van der Waals surface area (Å²) in [6, 6.07) is 25.3. The number of nitrogen functional groups attached to an aromatic ring is 1. The average molecular weight is 466 g/mol. The van der Waals surface area contributed by atoms with Crippen molar-refractivity contribution in [2.24, 2.45) is 0 Å². The molecule has 1 amide bonds. The summed E-state index contributed by atoms with van der Waals surface area (Å²) in [5.41, 5.74) is 11.4. The third kappa shape index (κ3) is 4.40. The molecule has 1 atom stereocenters. The molecule has 0 aliphatic carbocycles. The molecule has 1 unspecified atom stereocenters. The number of nitrogens with zero attached hydrogens (tertiary/aromatic N) is 3. The zero-order chi connectivity index (χ0) is 24.4. The smallest absolute Gasteiger partial charge is 0.257 e. The molecule has 7 heteroatoms. The molecule has 0 bridgehead atoms. The minimum absolute atomic E-state index is 0.0502. The second-order valence-electron chi connectivity index (χ2n) is 8.58. The molecule has 0 aliphatic heterocycles. The summed E-state index contributed by atoms with van der Waals surface area (Å²) in [7, 11) is 1.61. The fraction of sp³-hybridized carbons (Fsp3) is 0.179. The molecule has 0 saturated heterocycles. The molecule has 3 N–H and O–H groups in total. The molecule has 5 aromatic rings. The van der Waals surface area contributed by atoms with Crippen LogP contribution in [0.2, 0.25) is 0 Å². The molecule has 2 aromatic heterocycles. The van der Waals surface area contributed by atoms with Crippen molar-refractivity contribution in [2.45, 2.75) is 25.8 Å². The van der Waals surface area contributed by atoms with E-state index in [-0.39, 0.29) is 17.8 Å². The zero-order valence-corrected chi connectivity index (χ0v) is 19.7. The normalized spacial score (nSPS) is 12.1. The molecule has 0 spiro atoms. The number of fused-ring (bicyclic) bond motifs is 2. The highest BCUT2D eigenvalue weighted by molar-refractivity contribution is 6.11. The number of nitrogens with two attached hydrogens (primary N) is 1. The monoisotopic (exact) mass is 465 g/mol. The Kier molecular flexibility index (Phi) is 6.06. The number of carbonyl (C=O) groups excluding carboxylic acids is 1. The standard InChI is InChI=1S/C28H27N5O2/c1-18(15-16-19-9-4-3-5-10-19)30-28(34)24-25-27(32-23-14-7-6-13-22(23)31-25)33(26(24)29)20-11-8-12-21(17-20)35-2/h3-14,17-18H,15-16,29H2,1-2H3,(H,30,34). The number of methoxy groups -OCH3 is 1. The number of hydrogen-bond acceptors (Lipinski definition) is 5. The van der Waals surface area contributed by atoms with Crippen LogP contribution in [0.15, 0.2) is 78.9 Å². The number of nitrogens with one attached hydrogen (secondary N) is 1. The molecule has 0 aliphatic rings. The Morgan fingerprint density at radius 3 is 2.46 bits per heavy atom. The highest BCUT2D eigenvalue weighted by atomic mass is 16.5. The van der Waals surface area contributed by atoms with Crippen LogP contribution in [0.3, 0.4) is 0 Å². The van der Waals surface area contributed by atoms with E-state index in [1.807, 2.05) is 73.7 Å². The van der Waals surface area contributed by atoms with Crippen LogP contribution in [0.25, 0.3) is 27.9 Å². The largest absolute Gasteiger partial charge is 0.497 e. The van der Waals surface area contributed by atoms with Gasteiger partial charge in [0.05, 0.1) is 23.8 Å². The third-order valence-corrected chi connectivity index (χ3v) is 6.12. The van der Waals surface area contributed by atoms with Crippen LogP contribution < -0.4 is 15.8 Å². The molecule has 3 aromatic carbocycles. The highest BCUT2D eigenvalue weighted by Gasteiger charge is 2.25. The van der Waals surface area contributed by atoms with Gasteiger partial charge in [-0.05, 0) is 49.6 Å². The van der Waals surface area contributed by atoms with Crippen molar-refractivity contribution in [3.05, 3.63) is 90.0 Å². The van der Waals surface area contributed by atoms with Gasteiger partial charge in [0.1, 0.15) is 22.6 Å². The van der Waals surface area contributed by atoms with Gasteiger partial charge in [0.25, 0.3) is 5.91 Å². The number of aryl methyl sites for hydroxylation is 1. The highest BCUT2D eigenvalue weighted by Crippen LogP contribution is 2.32. The van der Waals surface area contributed by atoms with Gasteiger partial charge >= 0.3 is 0 Å². The number of rotatable bonds is 7. The van der Waals surface area contributed by atoms with Gasteiger partial charge in [-0.3, -0.25) is 9.36 Å². The predicted octanol–water partition coefficient (Wildman–Crippen LogP) is 4.92. The van der Waals surface area contributed by atoms with Gasteiger partial charge in [-0.1, -0.05) is 48.5 Å². The summed E-state index contributed by atoms with van der Waals surface area (Å²) in [6.07, 6.45) is 1.67. The number of anilines is 1. The second-order valence-corrected chi connectivity index (χ2v) is 8.58. The average Bonchev–Trinajstić information content (AvgIpc) is 3.17. The Bertz CT molecular complexity index is 1510. The van der Waals surface area contributed by atoms with E-state index in [0.717, 1.165) is 24.0 Å². The lowest BCUT2D eigenvalue weighted by Crippen LogP contribution is -2.33. The van der Waals surface area contributed by atoms with Crippen molar-refractivity contribution < 1.29 is 9.53 Å². The van der Waals surface area contributed by atoms with Crippen LogP contribution in [0.4, 0.5) is 5.82 Å². The summed E-state index contributed by atoms with van der Waals surface area (Å²) in [4.78, 5) is 23.1. The minimum atomic E-state index is -0.265. The van der Waals surface area contributed by atoms with E-state index in [9.17, 15) is 4.79 Å². The number of ether oxygens (including phenoxy) is 1. The first kappa shape index (κ1) is 22.4. The Hall–Kier alpha value is -4.39. The van der Waals surface area contributed by atoms with Crippen LogP contribution in [0, 0.1) is 0 Å². The second kappa shape index (κ2) is 9.46. The summed E-state index contributed by atoms with van der Waals surface area (Å²) >= 11 is 0. The number of amides is 1. The van der Waals surface area contributed by atoms with Crippen molar-refractivity contribution in [3.8, 4) is 11.4 Å². The molecule has 0 saturated carbocycles. The van der Waals surface area contributed by atoms with Gasteiger partial charge in [-0.15, -0.1) is 0 Å². The minimum Gasteiger partial charge on any atom is -0.497 e. The number of carbonyl (C=O) groups is 1. The molecule has 2 heterocycles. The Labute approximate surface area is 203 Å². The molecule has 176 valence electrons. The number of aromatic nitrogens is 3. The van der Waals surface area contributed by atoms with E-state index >= 15 is 0 Å². The lowest BCUT2D eigenvalue weighted by molar-refractivity contribution is 0.0941. The fourth-order valence-electron chi connectivity index (χ4n) is 4.29. The summed E-state index contributed by atoms with van der Waals surface area (Å²) in [5.74, 6) is 0.702. The molecule has 7 nitrogen and oxygen atoms in total. The first-order chi connectivity index (χ1) is 17.0. The van der Waals surface area contributed by atoms with Gasteiger partial charge in [-0.25, -0.2) is 9.97 Å². The first-order valence-electron chi connectivity index (χ1n) is 11.6. The summed E-state index contributed by atoms with van der Waals surface area (Å²) in [6.45, 7) is 2.00. The Morgan fingerprint density at radius 2 is 1.71 bits per heavy atom. The lowest BCUT2D eigenvalue weighted by Gasteiger charge is -2.14. The van der Waals surface area contributed by atoms with Gasteiger partial charge in [-0.2, -0.15) is 0 Å². The number of hydrogen-bond donors (Lipinski definition) is 2. The SMILES string of the molecule is COc1cccc(-n2c(N)c(C(=O)NC(C)CCc3ccccc3)c3nc4ccccc4nc32)c1. The quantitative estimate of drug-likeness (QED) is 0.356. The van der Waals surface area contributed by atoms with Crippen LogP contribution in [-0.4, -0.2) is 33.6 Å². The van der Waals surface area contributed by atoms with Crippen molar-refractivity contribution in [3.63, 3.8) is 0 Å². The van der Waals surface area contributed by atoms with Crippen LogP contribution >= 0.6 is 0 Å². The lowest BCUT2D eigenvalue weighted by atomic mass is 10.1. The predicted molar refractivity (Wildman–Crippen MR) is 139 cm³/mol. The molecular weight excluding hydrogens is 438 g/mol. The van der Waals surface area contributed by atoms with Crippen LogP contribution in [0.1, 0.15) is 29.3 Å². The molecule has 0 radical (unpaired) electrons. The van der Waals surface area contributed by atoms with E-state index in [4.69, 9.17) is 20.4 Å². The number of para-hydroxylation sites is 2. The van der Waals surface area contributed by atoms with Crippen molar-refractivity contribution >= 4 is 33.9 Å². The van der Waals surface area contributed by atoms with Crippen molar-refractivity contribution in [1.82, 2.24) is 19.9 Å². The van der Waals surface area contributed by atoms with Crippen LogP contribution in [0.5, 0.6) is 5.75 Å². The van der Waals surface area contributed by atoms with Gasteiger partial charge in [0, 0.05) is 12.1 Å². The van der Waals surface area contributed by atoms with Crippen molar-refractivity contribution in [2.75, 3.05) is 12.8 Å². The maximum Gasteiger partial charge on any atom is 0.257 e. The molecule has 5 rings (SSSR count). The number of benzene rings is 3. The van der Waals surface area contributed by atoms with E-state index in [1.165, 1.54) is 5.56 Å². The maximum absolute atomic E-state index is 13.5. The molecule has 35 heavy (non-hydrogen) atoms. The third-order valence-electron chi connectivity index (χ3n) is 6.12.